The second-order valence-electron chi connectivity index (χ2n) is 14.9. The normalized spacial score (nSPS) is 14.2. The molecule has 1 fully saturated rings. The highest BCUT2D eigenvalue weighted by Gasteiger charge is 2.45. The Morgan fingerprint density at radius 2 is 0.981 bits per heavy atom. The van der Waals surface area contributed by atoms with Crippen LogP contribution in [-0.4, -0.2) is 0 Å². The van der Waals surface area contributed by atoms with Crippen LogP contribution in [0.1, 0.15) is 43.2 Å². The molecule has 2 aliphatic carbocycles. The minimum absolute atomic E-state index is 0.0514. The first-order valence-corrected chi connectivity index (χ1v) is 19.3. The van der Waals surface area contributed by atoms with Crippen LogP contribution in [0.5, 0.6) is 0 Å². The molecule has 2 heteroatoms. The minimum atomic E-state index is -0.232. The quantitative estimate of drug-likeness (QED) is 0.167. The Bertz CT molecular complexity index is 2660. The zero-order valence-electron chi connectivity index (χ0n) is 30.2. The molecule has 0 aliphatic heterocycles. The summed E-state index contributed by atoms with van der Waals surface area (Å²) in [6.07, 6.45) is 6.19. The summed E-state index contributed by atoms with van der Waals surface area (Å²) in [7, 11) is 0. The van der Waals surface area contributed by atoms with Crippen molar-refractivity contribution >= 4 is 27.8 Å². The number of rotatable bonds is 6. The lowest BCUT2D eigenvalue weighted by Crippen LogP contribution is -2.28. The monoisotopic (exact) mass is 697 g/mol. The largest absolute Gasteiger partial charge is 0.310 e. The third-order valence-electron chi connectivity index (χ3n) is 11.9. The molecule has 54 heavy (non-hydrogen) atoms. The Morgan fingerprint density at radius 1 is 0.426 bits per heavy atom. The molecule has 0 N–H and O–H groups in total. The van der Waals surface area contributed by atoms with Gasteiger partial charge in [0.15, 0.2) is 0 Å². The van der Waals surface area contributed by atoms with Crippen LogP contribution in [0.2, 0.25) is 0 Å². The van der Waals surface area contributed by atoms with Gasteiger partial charge in [0.1, 0.15) is 5.82 Å². The molecule has 1 saturated carbocycles. The molecule has 0 aromatic heterocycles. The van der Waals surface area contributed by atoms with Crippen molar-refractivity contribution in [2.45, 2.75) is 37.5 Å². The van der Waals surface area contributed by atoms with Crippen molar-refractivity contribution < 1.29 is 4.39 Å². The van der Waals surface area contributed by atoms with Gasteiger partial charge in [0.05, 0.1) is 5.69 Å². The summed E-state index contributed by atoms with van der Waals surface area (Å²) in [5.41, 5.74) is 15.6. The van der Waals surface area contributed by atoms with E-state index in [1.165, 1.54) is 77.2 Å². The minimum Gasteiger partial charge on any atom is -0.310 e. The maximum Gasteiger partial charge on any atom is 0.123 e. The molecule has 8 aromatic rings. The molecule has 0 atom stereocenters. The highest BCUT2D eigenvalue weighted by atomic mass is 19.1. The molecule has 260 valence electrons. The average Bonchev–Trinajstić information content (AvgIpc) is 3.50. The third kappa shape index (κ3) is 5.36. The van der Waals surface area contributed by atoms with Gasteiger partial charge in [0.2, 0.25) is 0 Å². The number of nitrogens with zero attached hydrogens (tertiary/aromatic N) is 1. The second kappa shape index (κ2) is 13.3. The highest BCUT2D eigenvalue weighted by molar-refractivity contribution is 6.07. The fourth-order valence-corrected chi connectivity index (χ4v) is 9.54. The van der Waals surface area contributed by atoms with E-state index in [-0.39, 0.29) is 11.2 Å². The first-order valence-electron chi connectivity index (χ1n) is 19.3. The van der Waals surface area contributed by atoms with Gasteiger partial charge in [-0.05, 0) is 116 Å². The van der Waals surface area contributed by atoms with Crippen LogP contribution in [-0.2, 0) is 5.41 Å². The van der Waals surface area contributed by atoms with E-state index in [9.17, 15) is 4.39 Å². The van der Waals surface area contributed by atoms with Gasteiger partial charge in [-0.15, -0.1) is 0 Å². The molecular formula is C52H40FN. The van der Waals surface area contributed by atoms with E-state index in [1.54, 1.807) is 12.1 Å². The lowest BCUT2D eigenvalue weighted by molar-refractivity contribution is 0.353. The molecule has 0 amide bonds. The predicted molar refractivity (Wildman–Crippen MR) is 224 cm³/mol. The molecule has 0 radical (unpaired) electrons. The standard InChI is InChI=1S/C52H40FN/c53-41-22-9-20-39(33-41)44-26-12-17-37-18-13-27-45(50(37)44)40-21-11-24-43(35-40)54(42-23-10-19-38(34-42)36-15-3-1-4-16-36)49-30-14-29-48-51(49)46-25-5-6-28-47(46)52(48)31-7-2-8-32-52/h1,3-6,9-30,33-35H,2,7-8,31-32H2. The first kappa shape index (κ1) is 32.4. The molecule has 10 rings (SSSR count). The van der Waals surface area contributed by atoms with Gasteiger partial charge < -0.3 is 4.90 Å². The third-order valence-corrected chi connectivity index (χ3v) is 11.9. The van der Waals surface area contributed by atoms with Crippen LogP contribution >= 0.6 is 0 Å². The fourth-order valence-electron chi connectivity index (χ4n) is 9.54. The summed E-state index contributed by atoms with van der Waals surface area (Å²) in [6.45, 7) is 0. The fraction of sp³-hybridized carbons (Fsp3) is 0.115. The molecule has 1 nitrogen and oxygen atoms in total. The number of hydrogen-bond acceptors (Lipinski definition) is 1. The van der Waals surface area contributed by atoms with E-state index in [1.807, 2.05) is 6.07 Å². The Labute approximate surface area is 317 Å². The Balaban J connectivity index is 1.21. The van der Waals surface area contributed by atoms with Crippen molar-refractivity contribution in [1.29, 1.82) is 0 Å². The molecule has 0 bridgehead atoms. The summed E-state index contributed by atoms with van der Waals surface area (Å²) in [6, 6.07) is 64.5. The molecule has 1 spiro atoms. The number of hydrogen-bond donors (Lipinski definition) is 0. The summed E-state index contributed by atoms with van der Waals surface area (Å²) < 4.78 is 14.6. The Morgan fingerprint density at radius 3 is 1.72 bits per heavy atom. The van der Waals surface area contributed by atoms with Crippen LogP contribution in [0.15, 0.2) is 182 Å². The van der Waals surface area contributed by atoms with Gasteiger partial charge in [-0.1, -0.05) is 159 Å². The number of benzene rings is 8. The highest BCUT2D eigenvalue weighted by Crippen LogP contribution is 2.59. The van der Waals surface area contributed by atoms with E-state index < -0.39 is 0 Å². The topological polar surface area (TPSA) is 3.24 Å². The number of anilines is 3. The van der Waals surface area contributed by atoms with Gasteiger partial charge >= 0.3 is 0 Å². The molecule has 0 saturated heterocycles. The number of fused-ring (bicyclic) bond motifs is 6. The van der Waals surface area contributed by atoms with Crippen molar-refractivity contribution in [2.75, 3.05) is 4.90 Å². The lowest BCUT2D eigenvalue weighted by Gasteiger charge is -2.36. The van der Waals surface area contributed by atoms with Crippen LogP contribution in [0.25, 0.3) is 55.3 Å². The van der Waals surface area contributed by atoms with Crippen molar-refractivity contribution in [1.82, 2.24) is 0 Å². The van der Waals surface area contributed by atoms with Gasteiger partial charge in [0.25, 0.3) is 0 Å². The van der Waals surface area contributed by atoms with Crippen molar-refractivity contribution in [3.8, 4) is 44.5 Å². The molecule has 2 aliphatic rings. The van der Waals surface area contributed by atoms with E-state index in [2.05, 4.69) is 163 Å². The average molecular weight is 698 g/mol. The Hall–Kier alpha value is -6.25. The molecular weight excluding hydrogens is 658 g/mol. The van der Waals surface area contributed by atoms with Gasteiger partial charge in [0, 0.05) is 22.4 Å². The van der Waals surface area contributed by atoms with Crippen LogP contribution in [0.3, 0.4) is 0 Å². The smallest absolute Gasteiger partial charge is 0.123 e. The maximum absolute atomic E-state index is 14.6. The summed E-state index contributed by atoms with van der Waals surface area (Å²) in [5.74, 6) is -0.232. The van der Waals surface area contributed by atoms with Crippen molar-refractivity contribution in [3.63, 3.8) is 0 Å². The summed E-state index contributed by atoms with van der Waals surface area (Å²) in [5, 5.41) is 2.25. The Kier molecular flexibility index (Phi) is 7.99. The van der Waals surface area contributed by atoms with Crippen LogP contribution in [0.4, 0.5) is 21.5 Å². The second-order valence-corrected chi connectivity index (χ2v) is 14.9. The zero-order valence-corrected chi connectivity index (χ0v) is 30.2. The van der Waals surface area contributed by atoms with Crippen molar-refractivity contribution in [2.24, 2.45) is 0 Å². The summed E-state index contributed by atoms with van der Waals surface area (Å²) >= 11 is 0. The molecule has 0 unspecified atom stereocenters. The van der Waals surface area contributed by atoms with Crippen LogP contribution < -0.4 is 4.90 Å². The number of halogens is 1. The molecule has 8 aromatic carbocycles. The lowest BCUT2D eigenvalue weighted by atomic mass is 9.68. The van der Waals surface area contributed by atoms with Gasteiger partial charge in [-0.3, -0.25) is 0 Å². The molecule has 0 heterocycles. The SMILES string of the molecule is Fc1cccc(-c2cccc3cccc(-c4cccc(N(c5cccc(-c6ccccc6)c5)c5cccc6c5-c5ccccc5C65CCCCC5)c4)c23)c1. The van der Waals surface area contributed by atoms with E-state index in [0.29, 0.717) is 0 Å². The van der Waals surface area contributed by atoms with Crippen LogP contribution in [0, 0.1) is 5.82 Å². The predicted octanol–water partition coefficient (Wildman–Crippen LogP) is 14.7. The summed E-state index contributed by atoms with van der Waals surface area (Å²) in [4.78, 5) is 2.48. The van der Waals surface area contributed by atoms with E-state index >= 15 is 0 Å². The van der Waals surface area contributed by atoms with Crippen molar-refractivity contribution in [3.05, 3.63) is 199 Å². The maximum atomic E-state index is 14.6. The van der Waals surface area contributed by atoms with Gasteiger partial charge in [-0.25, -0.2) is 4.39 Å². The van der Waals surface area contributed by atoms with Gasteiger partial charge in [-0.2, -0.15) is 0 Å². The van der Waals surface area contributed by atoms with E-state index in [4.69, 9.17) is 0 Å². The zero-order chi connectivity index (χ0) is 36.1. The van der Waals surface area contributed by atoms with E-state index in [0.717, 1.165) is 44.4 Å². The first-order chi connectivity index (χ1) is 26.7.